The van der Waals surface area contributed by atoms with Crippen LogP contribution < -0.4 is 26.7 Å². The van der Waals surface area contributed by atoms with Gasteiger partial charge in [-0.2, -0.15) is 4.99 Å². The molecule has 0 atom stereocenters. The van der Waals surface area contributed by atoms with Gasteiger partial charge in [0.15, 0.2) is 17.5 Å². The van der Waals surface area contributed by atoms with Crippen molar-refractivity contribution in [2.24, 2.45) is 27.2 Å². The molecule has 7 N–H and O–H groups in total. The van der Waals surface area contributed by atoms with Crippen molar-refractivity contribution in [3.05, 3.63) is 17.7 Å². The lowest BCUT2D eigenvalue weighted by molar-refractivity contribution is 0.0696. The topological polar surface area (TPSA) is 159 Å². The van der Waals surface area contributed by atoms with E-state index >= 15 is 0 Å². The van der Waals surface area contributed by atoms with Crippen molar-refractivity contribution in [1.29, 1.82) is 0 Å². The van der Waals surface area contributed by atoms with E-state index in [0.29, 0.717) is 24.7 Å². The van der Waals surface area contributed by atoms with Gasteiger partial charge in [0.05, 0.1) is 11.3 Å². The molecule has 1 aromatic rings. The Balaban J connectivity index is 2.50. The van der Waals surface area contributed by atoms with Gasteiger partial charge in [-0.1, -0.05) is 0 Å². The summed E-state index contributed by atoms with van der Waals surface area (Å²) in [4.78, 5) is 18.6. The molecule has 0 bridgehead atoms. The van der Waals surface area contributed by atoms with E-state index in [1.54, 1.807) is 0 Å². The predicted molar refractivity (Wildman–Crippen MR) is 71.5 cm³/mol. The first-order valence-corrected chi connectivity index (χ1v) is 5.58. The molecule has 0 radical (unpaired) electrons. The lowest BCUT2D eigenvalue weighted by Crippen LogP contribution is -2.26. The van der Waals surface area contributed by atoms with E-state index in [2.05, 4.69) is 9.98 Å². The Morgan fingerprint density at radius 1 is 1.15 bits per heavy atom. The van der Waals surface area contributed by atoms with E-state index in [1.807, 2.05) is 0 Å². The van der Waals surface area contributed by atoms with Crippen LogP contribution in [0.25, 0.3) is 0 Å². The third-order valence-electron chi connectivity index (χ3n) is 2.37. The van der Waals surface area contributed by atoms with Crippen LogP contribution in [0.5, 0.6) is 11.5 Å². The summed E-state index contributed by atoms with van der Waals surface area (Å²) in [5, 5.41) is 9.17. The molecule has 1 aliphatic heterocycles. The van der Waals surface area contributed by atoms with Crippen LogP contribution in [-0.4, -0.2) is 36.2 Å². The molecule has 0 spiro atoms. The molecule has 0 amide bonds. The van der Waals surface area contributed by atoms with Crippen molar-refractivity contribution in [2.75, 3.05) is 13.2 Å². The molecular formula is C11H13N5O4. The summed E-state index contributed by atoms with van der Waals surface area (Å²) < 4.78 is 10.7. The van der Waals surface area contributed by atoms with E-state index in [9.17, 15) is 9.90 Å². The molecular weight excluding hydrogens is 266 g/mol. The van der Waals surface area contributed by atoms with E-state index in [0.717, 1.165) is 0 Å². The Hall–Kier alpha value is -2.97. The maximum absolute atomic E-state index is 11.2. The van der Waals surface area contributed by atoms with Gasteiger partial charge in [0.25, 0.3) is 0 Å². The maximum atomic E-state index is 11.2. The lowest BCUT2D eigenvalue weighted by Gasteiger charge is -2.19. The summed E-state index contributed by atoms with van der Waals surface area (Å²) in [6, 6.07) is 2.73. The van der Waals surface area contributed by atoms with Crippen LogP contribution in [0.1, 0.15) is 10.4 Å². The quantitative estimate of drug-likeness (QED) is 0.414. The molecule has 0 fully saturated rings. The summed E-state index contributed by atoms with van der Waals surface area (Å²) in [5.74, 6) is -0.992. The summed E-state index contributed by atoms with van der Waals surface area (Å²) in [6.45, 7) is 0.719. The number of carboxylic acid groups (broad SMARTS) is 1. The molecule has 0 saturated carbocycles. The number of carboxylic acids is 1. The third-order valence-corrected chi connectivity index (χ3v) is 2.37. The Morgan fingerprint density at radius 3 is 2.30 bits per heavy atom. The number of aliphatic imine (C=N–C) groups is 2. The van der Waals surface area contributed by atoms with Gasteiger partial charge in [0.1, 0.15) is 13.2 Å². The van der Waals surface area contributed by atoms with E-state index in [-0.39, 0.29) is 23.2 Å². The van der Waals surface area contributed by atoms with Crippen LogP contribution in [0.15, 0.2) is 22.1 Å². The Labute approximate surface area is 113 Å². The van der Waals surface area contributed by atoms with Gasteiger partial charge in [-0.05, 0) is 0 Å². The monoisotopic (exact) mass is 279 g/mol. The number of hydrogen-bond acceptors (Lipinski definition) is 4. The second kappa shape index (κ2) is 5.34. The first-order chi connectivity index (χ1) is 9.47. The highest BCUT2D eigenvalue weighted by Crippen LogP contribution is 2.36. The van der Waals surface area contributed by atoms with E-state index in [1.165, 1.54) is 12.1 Å². The van der Waals surface area contributed by atoms with Gasteiger partial charge >= 0.3 is 5.97 Å². The maximum Gasteiger partial charge on any atom is 0.338 e. The minimum Gasteiger partial charge on any atom is -0.486 e. The molecule has 0 aromatic heterocycles. The van der Waals surface area contributed by atoms with Crippen LogP contribution in [0.4, 0.5) is 5.69 Å². The van der Waals surface area contributed by atoms with Crippen molar-refractivity contribution >= 4 is 23.6 Å². The summed E-state index contributed by atoms with van der Waals surface area (Å²) in [5.41, 5.74) is 15.8. The largest absolute Gasteiger partial charge is 0.486 e. The fourth-order valence-electron chi connectivity index (χ4n) is 1.62. The fourth-order valence-corrected chi connectivity index (χ4v) is 1.62. The zero-order valence-corrected chi connectivity index (χ0v) is 10.4. The van der Waals surface area contributed by atoms with Gasteiger partial charge in [0, 0.05) is 12.1 Å². The summed E-state index contributed by atoms with van der Waals surface area (Å²) in [7, 11) is 0. The van der Waals surface area contributed by atoms with E-state index in [4.69, 9.17) is 26.7 Å². The molecule has 9 nitrogen and oxygen atoms in total. The highest BCUT2D eigenvalue weighted by molar-refractivity contribution is 5.98. The van der Waals surface area contributed by atoms with Crippen LogP contribution in [0.3, 0.4) is 0 Å². The average molecular weight is 279 g/mol. The smallest absolute Gasteiger partial charge is 0.338 e. The zero-order valence-electron chi connectivity index (χ0n) is 10.4. The van der Waals surface area contributed by atoms with Crippen LogP contribution in [0, 0.1) is 0 Å². The number of rotatable bonds is 2. The minimum absolute atomic E-state index is 0.0734. The Morgan fingerprint density at radius 2 is 1.75 bits per heavy atom. The lowest BCUT2D eigenvalue weighted by atomic mass is 10.1. The predicted octanol–water partition coefficient (Wildman–Crippen LogP) is -0.624. The first-order valence-electron chi connectivity index (χ1n) is 5.58. The number of hydrogen-bond donors (Lipinski definition) is 4. The standard InChI is InChI=1S/C11H13N5O4/c12-10(13)16-11(14)15-6-4-8-7(19-1-2-20-8)3-5(6)9(17)18/h3-4H,1-2H2,(H,17,18)(H6,12,13,14,15,16). The van der Waals surface area contributed by atoms with Gasteiger partial charge in [-0.25, -0.2) is 9.79 Å². The molecule has 1 aliphatic rings. The highest BCUT2D eigenvalue weighted by Gasteiger charge is 2.19. The van der Waals surface area contributed by atoms with E-state index < -0.39 is 5.97 Å². The second-order valence-electron chi connectivity index (χ2n) is 3.82. The van der Waals surface area contributed by atoms with Crippen molar-refractivity contribution in [2.45, 2.75) is 0 Å². The second-order valence-corrected chi connectivity index (χ2v) is 3.82. The first kappa shape index (κ1) is 13.5. The average Bonchev–Trinajstić information content (AvgIpc) is 2.36. The van der Waals surface area contributed by atoms with Gasteiger partial charge in [0.2, 0.25) is 5.96 Å². The van der Waals surface area contributed by atoms with Crippen LogP contribution in [0.2, 0.25) is 0 Å². The number of guanidine groups is 2. The van der Waals surface area contributed by atoms with Crippen molar-refractivity contribution in [3.63, 3.8) is 0 Å². The molecule has 0 saturated heterocycles. The number of aromatic carboxylic acids is 1. The number of fused-ring (bicyclic) bond motifs is 1. The molecule has 1 aromatic carbocycles. The van der Waals surface area contributed by atoms with Crippen LogP contribution >= 0.6 is 0 Å². The molecule has 0 aliphatic carbocycles. The van der Waals surface area contributed by atoms with Gasteiger partial charge in [-0.15, -0.1) is 0 Å². The number of benzene rings is 1. The fraction of sp³-hybridized carbons (Fsp3) is 0.182. The number of ether oxygens (including phenoxy) is 2. The molecule has 0 unspecified atom stereocenters. The van der Waals surface area contributed by atoms with Gasteiger partial charge < -0.3 is 31.8 Å². The molecule has 1 heterocycles. The Kier molecular flexibility index (Phi) is 3.60. The highest BCUT2D eigenvalue weighted by atomic mass is 16.6. The SMILES string of the molecule is NC(N)=NC(N)=Nc1cc2c(cc1C(=O)O)OCCO2. The molecule has 20 heavy (non-hydrogen) atoms. The van der Waals surface area contributed by atoms with Crippen LogP contribution in [-0.2, 0) is 0 Å². The van der Waals surface area contributed by atoms with Crippen molar-refractivity contribution in [3.8, 4) is 11.5 Å². The minimum atomic E-state index is -1.18. The number of nitrogens with zero attached hydrogens (tertiary/aromatic N) is 2. The van der Waals surface area contributed by atoms with Crippen molar-refractivity contribution < 1.29 is 19.4 Å². The third kappa shape index (κ3) is 2.88. The summed E-state index contributed by atoms with van der Waals surface area (Å²) in [6.07, 6.45) is 0. The zero-order chi connectivity index (χ0) is 14.7. The molecule has 2 rings (SSSR count). The molecule has 106 valence electrons. The molecule has 9 heteroatoms. The summed E-state index contributed by atoms with van der Waals surface area (Å²) >= 11 is 0. The Bertz CT molecular complexity index is 607. The normalized spacial score (nSPS) is 13.7. The number of carbonyl (C=O) groups is 1. The number of nitrogens with two attached hydrogens (primary N) is 3. The van der Waals surface area contributed by atoms with Crippen molar-refractivity contribution in [1.82, 2.24) is 0 Å². The van der Waals surface area contributed by atoms with Gasteiger partial charge in [-0.3, -0.25) is 0 Å².